The normalized spacial score (nSPS) is 19.1. The zero-order valence-electron chi connectivity index (χ0n) is 9.33. The fourth-order valence-corrected chi connectivity index (χ4v) is 1.35. The number of amides is 1. The van der Waals surface area contributed by atoms with Crippen LogP contribution in [0.2, 0.25) is 0 Å². The first-order valence-electron chi connectivity index (χ1n) is 5.10. The van der Waals surface area contributed by atoms with Crippen LogP contribution in [0.4, 0.5) is 0 Å². The van der Waals surface area contributed by atoms with Gasteiger partial charge in [0.15, 0.2) is 0 Å². The third kappa shape index (κ3) is 2.68. The maximum Gasteiger partial charge on any atom is 0.328 e. The highest BCUT2D eigenvalue weighted by molar-refractivity contribution is 5.87. The predicted octanol–water partition coefficient (Wildman–Crippen LogP) is -0.179. The van der Waals surface area contributed by atoms with Crippen molar-refractivity contribution < 1.29 is 14.7 Å². The van der Waals surface area contributed by atoms with Gasteiger partial charge in [0.25, 0.3) is 0 Å². The van der Waals surface area contributed by atoms with Gasteiger partial charge in [0.05, 0.1) is 0 Å². The van der Waals surface area contributed by atoms with Crippen LogP contribution in [0.5, 0.6) is 0 Å². The van der Waals surface area contributed by atoms with E-state index in [1.54, 1.807) is 0 Å². The molecule has 5 heteroatoms. The molecule has 1 unspecified atom stereocenters. The lowest BCUT2D eigenvalue weighted by Crippen LogP contribution is -2.55. The number of rotatable bonds is 4. The van der Waals surface area contributed by atoms with E-state index in [-0.39, 0.29) is 11.8 Å². The van der Waals surface area contributed by atoms with E-state index in [0.717, 1.165) is 13.1 Å². The average Bonchev–Trinajstić information content (AvgIpc) is 1.99. The number of hydrogen-bond donors (Lipinski definition) is 3. The Labute approximate surface area is 89.2 Å². The number of aliphatic carboxylic acids is 1. The number of carbonyl (C=O) groups is 2. The summed E-state index contributed by atoms with van der Waals surface area (Å²) in [5.41, 5.74) is -1.19. The maximum absolute atomic E-state index is 11.7. The largest absolute Gasteiger partial charge is 0.480 e. The van der Waals surface area contributed by atoms with E-state index in [1.807, 2.05) is 6.92 Å². The SMILES string of the molecule is CC(C(=O)NC(C)(C)C(=O)O)C1CNC1. The molecule has 1 heterocycles. The molecule has 15 heavy (non-hydrogen) atoms. The third-order valence-electron chi connectivity index (χ3n) is 2.90. The molecule has 5 nitrogen and oxygen atoms in total. The molecule has 0 aromatic heterocycles. The van der Waals surface area contributed by atoms with Gasteiger partial charge < -0.3 is 15.7 Å². The van der Waals surface area contributed by atoms with Gasteiger partial charge in [0.2, 0.25) is 5.91 Å². The number of carboxylic acids is 1. The van der Waals surface area contributed by atoms with Crippen molar-refractivity contribution >= 4 is 11.9 Å². The first-order chi connectivity index (χ1) is 6.84. The van der Waals surface area contributed by atoms with E-state index in [2.05, 4.69) is 10.6 Å². The highest BCUT2D eigenvalue weighted by Crippen LogP contribution is 2.17. The second-order valence-corrected chi connectivity index (χ2v) is 4.63. The summed E-state index contributed by atoms with van der Waals surface area (Å²) in [6.45, 7) is 6.47. The summed E-state index contributed by atoms with van der Waals surface area (Å²) < 4.78 is 0. The van der Waals surface area contributed by atoms with Crippen LogP contribution in [0.1, 0.15) is 20.8 Å². The third-order valence-corrected chi connectivity index (χ3v) is 2.90. The van der Waals surface area contributed by atoms with E-state index >= 15 is 0 Å². The lowest BCUT2D eigenvalue weighted by atomic mass is 9.87. The van der Waals surface area contributed by atoms with Crippen molar-refractivity contribution in [1.29, 1.82) is 0 Å². The van der Waals surface area contributed by atoms with Crippen LogP contribution in [-0.2, 0) is 9.59 Å². The van der Waals surface area contributed by atoms with Crippen LogP contribution >= 0.6 is 0 Å². The minimum Gasteiger partial charge on any atom is -0.480 e. The molecule has 1 fully saturated rings. The summed E-state index contributed by atoms with van der Waals surface area (Å²) in [5.74, 6) is -1.01. The van der Waals surface area contributed by atoms with E-state index in [9.17, 15) is 9.59 Å². The van der Waals surface area contributed by atoms with Crippen molar-refractivity contribution in [2.45, 2.75) is 26.3 Å². The highest BCUT2D eigenvalue weighted by atomic mass is 16.4. The first kappa shape index (κ1) is 12.0. The Morgan fingerprint density at radius 1 is 1.47 bits per heavy atom. The van der Waals surface area contributed by atoms with Crippen molar-refractivity contribution in [2.75, 3.05) is 13.1 Å². The zero-order valence-corrected chi connectivity index (χ0v) is 9.33. The van der Waals surface area contributed by atoms with E-state index < -0.39 is 11.5 Å². The van der Waals surface area contributed by atoms with Crippen LogP contribution in [0.3, 0.4) is 0 Å². The number of nitrogens with one attached hydrogen (secondary N) is 2. The Morgan fingerprint density at radius 3 is 2.33 bits per heavy atom. The summed E-state index contributed by atoms with van der Waals surface area (Å²) >= 11 is 0. The summed E-state index contributed by atoms with van der Waals surface area (Å²) in [4.78, 5) is 22.5. The van der Waals surface area contributed by atoms with Crippen LogP contribution in [0.25, 0.3) is 0 Å². The molecule has 0 radical (unpaired) electrons. The molecule has 0 saturated carbocycles. The molecule has 1 aliphatic heterocycles. The van der Waals surface area contributed by atoms with Gasteiger partial charge >= 0.3 is 5.97 Å². The Bertz CT molecular complexity index is 272. The molecule has 1 saturated heterocycles. The van der Waals surface area contributed by atoms with Gasteiger partial charge in [0, 0.05) is 5.92 Å². The Morgan fingerprint density at radius 2 is 2.00 bits per heavy atom. The molecule has 1 amide bonds. The number of carbonyl (C=O) groups excluding carboxylic acids is 1. The molecule has 1 rings (SSSR count). The van der Waals surface area contributed by atoms with Crippen LogP contribution in [0.15, 0.2) is 0 Å². The molecule has 1 aliphatic rings. The summed E-state index contributed by atoms with van der Waals surface area (Å²) in [6, 6.07) is 0. The van der Waals surface area contributed by atoms with Gasteiger partial charge in [-0.05, 0) is 32.9 Å². The van der Waals surface area contributed by atoms with Crippen molar-refractivity contribution in [2.24, 2.45) is 11.8 Å². The van der Waals surface area contributed by atoms with Gasteiger partial charge in [-0.15, -0.1) is 0 Å². The van der Waals surface area contributed by atoms with E-state index in [1.165, 1.54) is 13.8 Å². The molecule has 0 aromatic carbocycles. The topological polar surface area (TPSA) is 78.4 Å². The summed E-state index contributed by atoms with van der Waals surface area (Å²) in [7, 11) is 0. The molecule has 0 bridgehead atoms. The van der Waals surface area contributed by atoms with E-state index in [4.69, 9.17) is 5.11 Å². The van der Waals surface area contributed by atoms with Crippen LogP contribution < -0.4 is 10.6 Å². The number of hydrogen-bond acceptors (Lipinski definition) is 3. The fourth-order valence-electron chi connectivity index (χ4n) is 1.35. The zero-order chi connectivity index (χ0) is 11.6. The van der Waals surface area contributed by atoms with Gasteiger partial charge in [-0.25, -0.2) is 4.79 Å². The fraction of sp³-hybridized carbons (Fsp3) is 0.800. The maximum atomic E-state index is 11.7. The molecule has 86 valence electrons. The average molecular weight is 214 g/mol. The molecular formula is C10H18N2O3. The molecule has 0 spiro atoms. The molecular weight excluding hydrogens is 196 g/mol. The monoisotopic (exact) mass is 214 g/mol. The first-order valence-corrected chi connectivity index (χ1v) is 5.10. The minimum atomic E-state index is -1.19. The lowest BCUT2D eigenvalue weighted by Gasteiger charge is -2.33. The Kier molecular flexibility index (Phi) is 3.34. The van der Waals surface area contributed by atoms with Crippen molar-refractivity contribution in [3.63, 3.8) is 0 Å². The van der Waals surface area contributed by atoms with Crippen LogP contribution in [-0.4, -0.2) is 35.6 Å². The minimum absolute atomic E-state index is 0.134. The van der Waals surface area contributed by atoms with Crippen molar-refractivity contribution in [1.82, 2.24) is 10.6 Å². The summed E-state index contributed by atoms with van der Waals surface area (Å²) in [5, 5.41) is 14.5. The second-order valence-electron chi connectivity index (χ2n) is 4.63. The van der Waals surface area contributed by atoms with Crippen LogP contribution in [0, 0.1) is 11.8 Å². The summed E-state index contributed by atoms with van der Waals surface area (Å²) in [6.07, 6.45) is 0. The lowest BCUT2D eigenvalue weighted by molar-refractivity contribution is -0.147. The quantitative estimate of drug-likeness (QED) is 0.606. The smallest absolute Gasteiger partial charge is 0.328 e. The Balaban J connectivity index is 2.50. The highest BCUT2D eigenvalue weighted by Gasteiger charge is 2.34. The number of carboxylic acid groups (broad SMARTS) is 1. The van der Waals surface area contributed by atoms with Gasteiger partial charge in [-0.2, -0.15) is 0 Å². The van der Waals surface area contributed by atoms with Gasteiger partial charge in [-0.3, -0.25) is 4.79 Å². The van der Waals surface area contributed by atoms with E-state index in [0.29, 0.717) is 5.92 Å². The van der Waals surface area contributed by atoms with Gasteiger partial charge in [-0.1, -0.05) is 6.92 Å². The second kappa shape index (κ2) is 4.18. The van der Waals surface area contributed by atoms with Gasteiger partial charge in [0.1, 0.15) is 5.54 Å². The standard InChI is InChI=1S/C10H18N2O3/c1-6(7-4-11-5-7)8(13)12-10(2,3)9(14)15/h6-7,11H,4-5H2,1-3H3,(H,12,13)(H,14,15). The molecule has 0 aromatic rings. The van der Waals surface area contributed by atoms with Crippen molar-refractivity contribution in [3.05, 3.63) is 0 Å². The molecule has 3 N–H and O–H groups in total. The molecule has 0 aliphatic carbocycles. The predicted molar refractivity (Wildman–Crippen MR) is 55.4 cm³/mol. The van der Waals surface area contributed by atoms with Crippen molar-refractivity contribution in [3.8, 4) is 0 Å². The molecule has 1 atom stereocenters. The Hall–Kier alpha value is -1.10.